The van der Waals surface area contributed by atoms with Crippen molar-refractivity contribution in [2.75, 3.05) is 13.1 Å². The Labute approximate surface area is 120 Å². The van der Waals surface area contributed by atoms with E-state index < -0.39 is 0 Å². The predicted octanol–water partition coefficient (Wildman–Crippen LogP) is 1.20. The molecule has 0 aliphatic heterocycles. The van der Waals surface area contributed by atoms with Gasteiger partial charge in [-0.1, -0.05) is 0 Å². The Morgan fingerprint density at radius 1 is 1.39 bits per heavy atom. The van der Waals surface area contributed by atoms with E-state index in [-0.39, 0.29) is 30.7 Å². The molecule has 0 spiro atoms. The van der Waals surface area contributed by atoms with Crippen LogP contribution >= 0.6 is 24.8 Å². The van der Waals surface area contributed by atoms with Crippen LogP contribution in [0.15, 0.2) is 6.07 Å². The molecular formula is C11H22Cl2N4O. The van der Waals surface area contributed by atoms with Crippen molar-refractivity contribution in [3.8, 4) is 0 Å². The number of hydrogen-bond donors (Lipinski definition) is 2. The molecule has 1 heterocycles. The first-order valence-corrected chi connectivity index (χ1v) is 5.61. The van der Waals surface area contributed by atoms with E-state index >= 15 is 0 Å². The summed E-state index contributed by atoms with van der Waals surface area (Å²) >= 11 is 0. The number of unbranched alkanes of at least 4 members (excludes halogenated alkanes) is 1. The normalized spacial score (nSPS) is 9.28. The zero-order valence-corrected chi connectivity index (χ0v) is 12.4. The van der Waals surface area contributed by atoms with E-state index in [1.54, 1.807) is 4.68 Å². The quantitative estimate of drug-likeness (QED) is 0.775. The Balaban J connectivity index is 0. The van der Waals surface area contributed by atoms with Crippen molar-refractivity contribution in [1.82, 2.24) is 15.1 Å². The third kappa shape index (κ3) is 6.83. The maximum absolute atomic E-state index is 11.5. The SMILES string of the molecule is Cc1cc(C)n(CC(=O)NCCCCN)n1.Cl.Cl. The Kier molecular flexibility index (Phi) is 11.1. The minimum absolute atomic E-state index is 0. The van der Waals surface area contributed by atoms with Gasteiger partial charge in [-0.15, -0.1) is 24.8 Å². The van der Waals surface area contributed by atoms with Crippen LogP contribution in [-0.2, 0) is 11.3 Å². The number of rotatable bonds is 6. The van der Waals surface area contributed by atoms with Crippen LogP contribution in [0.2, 0.25) is 0 Å². The minimum Gasteiger partial charge on any atom is -0.354 e. The van der Waals surface area contributed by atoms with Crippen molar-refractivity contribution < 1.29 is 4.79 Å². The van der Waals surface area contributed by atoms with Gasteiger partial charge in [0.1, 0.15) is 6.54 Å². The molecule has 0 aromatic carbocycles. The Morgan fingerprint density at radius 2 is 2.06 bits per heavy atom. The molecule has 1 aromatic heterocycles. The van der Waals surface area contributed by atoms with Gasteiger partial charge in [-0.2, -0.15) is 5.10 Å². The summed E-state index contributed by atoms with van der Waals surface area (Å²) in [5.74, 6) is 0.00298. The van der Waals surface area contributed by atoms with Crippen LogP contribution in [0.1, 0.15) is 24.2 Å². The van der Waals surface area contributed by atoms with Gasteiger partial charge in [0.2, 0.25) is 5.91 Å². The molecule has 0 saturated heterocycles. The number of hydrogen-bond acceptors (Lipinski definition) is 3. The molecule has 0 unspecified atom stereocenters. The maximum atomic E-state index is 11.5. The molecule has 0 bridgehead atoms. The number of aromatic nitrogens is 2. The fraction of sp³-hybridized carbons (Fsp3) is 0.636. The number of carbonyl (C=O) groups is 1. The first-order valence-electron chi connectivity index (χ1n) is 5.61. The average molecular weight is 297 g/mol. The van der Waals surface area contributed by atoms with Gasteiger partial charge >= 0.3 is 0 Å². The second kappa shape index (κ2) is 10.2. The fourth-order valence-electron chi connectivity index (χ4n) is 1.52. The van der Waals surface area contributed by atoms with Gasteiger partial charge < -0.3 is 11.1 Å². The molecule has 1 aromatic rings. The van der Waals surface area contributed by atoms with E-state index in [0.717, 1.165) is 24.2 Å². The minimum atomic E-state index is 0. The lowest BCUT2D eigenvalue weighted by atomic mass is 10.3. The van der Waals surface area contributed by atoms with Gasteiger partial charge in [-0.25, -0.2) is 0 Å². The van der Waals surface area contributed by atoms with Gasteiger partial charge in [0.25, 0.3) is 0 Å². The van der Waals surface area contributed by atoms with Crippen LogP contribution < -0.4 is 11.1 Å². The van der Waals surface area contributed by atoms with Crippen molar-refractivity contribution >= 4 is 30.7 Å². The Morgan fingerprint density at radius 3 is 2.56 bits per heavy atom. The van der Waals surface area contributed by atoms with E-state index in [4.69, 9.17) is 5.73 Å². The van der Waals surface area contributed by atoms with Gasteiger partial charge in [0, 0.05) is 12.2 Å². The highest BCUT2D eigenvalue weighted by atomic mass is 35.5. The van der Waals surface area contributed by atoms with Crippen molar-refractivity contribution in [1.29, 1.82) is 0 Å². The molecule has 3 N–H and O–H groups in total. The number of amides is 1. The van der Waals surface area contributed by atoms with Gasteiger partial charge in [-0.05, 0) is 39.3 Å². The monoisotopic (exact) mass is 296 g/mol. The second-order valence-corrected chi connectivity index (χ2v) is 3.93. The summed E-state index contributed by atoms with van der Waals surface area (Å²) in [6.45, 7) is 5.52. The summed E-state index contributed by atoms with van der Waals surface area (Å²) in [5.41, 5.74) is 7.31. The summed E-state index contributed by atoms with van der Waals surface area (Å²) in [5, 5.41) is 7.08. The predicted molar refractivity (Wildman–Crippen MR) is 77.5 cm³/mol. The molecule has 7 heteroatoms. The summed E-state index contributed by atoms with van der Waals surface area (Å²) in [6.07, 6.45) is 1.87. The van der Waals surface area contributed by atoms with Crippen LogP contribution in [0.5, 0.6) is 0 Å². The first kappa shape index (κ1) is 19.6. The molecule has 0 atom stereocenters. The molecular weight excluding hydrogens is 275 g/mol. The molecule has 0 fully saturated rings. The van der Waals surface area contributed by atoms with E-state index in [9.17, 15) is 4.79 Å². The molecule has 5 nitrogen and oxygen atoms in total. The second-order valence-electron chi connectivity index (χ2n) is 3.93. The van der Waals surface area contributed by atoms with Crippen LogP contribution in [0.25, 0.3) is 0 Å². The molecule has 0 aliphatic carbocycles. The fourth-order valence-corrected chi connectivity index (χ4v) is 1.52. The smallest absolute Gasteiger partial charge is 0.241 e. The number of carbonyl (C=O) groups excluding carboxylic acids is 1. The third-order valence-electron chi connectivity index (χ3n) is 2.35. The summed E-state index contributed by atoms with van der Waals surface area (Å²) in [7, 11) is 0. The number of nitrogens with one attached hydrogen (secondary N) is 1. The van der Waals surface area contributed by atoms with Crippen LogP contribution in [0, 0.1) is 13.8 Å². The maximum Gasteiger partial charge on any atom is 0.241 e. The summed E-state index contributed by atoms with van der Waals surface area (Å²) < 4.78 is 1.72. The lowest BCUT2D eigenvalue weighted by Gasteiger charge is -2.06. The zero-order valence-electron chi connectivity index (χ0n) is 10.8. The van der Waals surface area contributed by atoms with E-state index in [1.807, 2.05) is 19.9 Å². The van der Waals surface area contributed by atoms with E-state index in [1.165, 1.54) is 0 Å². The van der Waals surface area contributed by atoms with Crippen LogP contribution in [-0.4, -0.2) is 28.8 Å². The Hall–Kier alpha value is -0.780. The molecule has 0 aliphatic rings. The number of halogens is 2. The zero-order chi connectivity index (χ0) is 12.0. The number of aryl methyl sites for hydroxylation is 2. The van der Waals surface area contributed by atoms with Crippen LogP contribution in [0.4, 0.5) is 0 Å². The number of nitrogens with two attached hydrogens (primary N) is 1. The Bertz CT molecular complexity index is 355. The topological polar surface area (TPSA) is 72.9 Å². The summed E-state index contributed by atoms with van der Waals surface area (Å²) in [4.78, 5) is 11.5. The lowest BCUT2D eigenvalue weighted by molar-refractivity contribution is -0.121. The highest BCUT2D eigenvalue weighted by Crippen LogP contribution is 2.00. The molecule has 1 rings (SSSR count). The van der Waals surface area contributed by atoms with E-state index in [2.05, 4.69) is 10.4 Å². The number of nitrogens with zero attached hydrogens (tertiary/aromatic N) is 2. The third-order valence-corrected chi connectivity index (χ3v) is 2.35. The van der Waals surface area contributed by atoms with Gasteiger partial charge in [0.15, 0.2) is 0 Å². The summed E-state index contributed by atoms with van der Waals surface area (Å²) in [6, 6.07) is 1.96. The lowest BCUT2D eigenvalue weighted by Crippen LogP contribution is -2.29. The van der Waals surface area contributed by atoms with Gasteiger partial charge in [0.05, 0.1) is 5.69 Å². The van der Waals surface area contributed by atoms with Crippen LogP contribution in [0.3, 0.4) is 0 Å². The molecule has 106 valence electrons. The molecule has 18 heavy (non-hydrogen) atoms. The highest BCUT2D eigenvalue weighted by Gasteiger charge is 2.05. The van der Waals surface area contributed by atoms with Crippen molar-refractivity contribution in [2.45, 2.75) is 33.2 Å². The largest absolute Gasteiger partial charge is 0.354 e. The molecule has 1 amide bonds. The average Bonchev–Trinajstić information content (AvgIpc) is 2.52. The van der Waals surface area contributed by atoms with Crippen molar-refractivity contribution in [2.24, 2.45) is 5.73 Å². The van der Waals surface area contributed by atoms with Gasteiger partial charge in [-0.3, -0.25) is 9.48 Å². The first-order chi connectivity index (χ1) is 7.63. The van der Waals surface area contributed by atoms with Crippen molar-refractivity contribution in [3.63, 3.8) is 0 Å². The molecule has 0 saturated carbocycles. The highest BCUT2D eigenvalue weighted by molar-refractivity contribution is 5.85. The molecule has 0 radical (unpaired) electrons. The van der Waals surface area contributed by atoms with E-state index in [0.29, 0.717) is 19.6 Å². The van der Waals surface area contributed by atoms with Crippen molar-refractivity contribution in [3.05, 3.63) is 17.5 Å². The standard InChI is InChI=1S/C11H20N4O.2ClH/c1-9-7-10(2)15(14-9)8-11(16)13-6-4-3-5-12;;/h7H,3-6,8,12H2,1-2H3,(H,13,16);2*1H.